The second kappa shape index (κ2) is 3.88. The molecule has 0 saturated heterocycles. The van der Waals surface area contributed by atoms with Gasteiger partial charge in [0.05, 0.1) is 10.1 Å². The van der Waals surface area contributed by atoms with Crippen molar-refractivity contribution in [3.8, 4) is 0 Å². The standard InChI is InChI=1S/C7H9NS2/c1-9-6-4-3-5-7(8-6)10-2/h3-5H,1-2H3. The van der Waals surface area contributed by atoms with E-state index in [2.05, 4.69) is 4.98 Å². The molecule has 0 aromatic carbocycles. The summed E-state index contributed by atoms with van der Waals surface area (Å²) >= 11 is 3.35. The third kappa shape index (κ3) is 1.92. The van der Waals surface area contributed by atoms with E-state index in [0.29, 0.717) is 0 Å². The fourth-order valence-electron chi connectivity index (χ4n) is 0.623. The Hall–Kier alpha value is -0.150. The molecule has 0 aliphatic heterocycles. The van der Waals surface area contributed by atoms with Crippen LogP contribution in [0.25, 0.3) is 0 Å². The Balaban J connectivity index is 2.87. The molecule has 1 heterocycles. The molecule has 0 bridgehead atoms. The van der Waals surface area contributed by atoms with Gasteiger partial charge in [0.15, 0.2) is 0 Å². The minimum atomic E-state index is 1.09. The van der Waals surface area contributed by atoms with Gasteiger partial charge in [-0.1, -0.05) is 6.07 Å². The summed E-state index contributed by atoms with van der Waals surface area (Å²) in [5, 5.41) is 2.18. The number of hydrogen-bond donors (Lipinski definition) is 0. The molecule has 0 amide bonds. The number of rotatable bonds is 2. The molecular formula is C7H9NS2. The molecule has 0 atom stereocenters. The Morgan fingerprint density at radius 2 is 1.60 bits per heavy atom. The Bertz CT molecular complexity index is 193. The first-order valence-electron chi connectivity index (χ1n) is 2.92. The fourth-order valence-corrected chi connectivity index (χ4v) is 1.49. The van der Waals surface area contributed by atoms with Crippen molar-refractivity contribution in [1.82, 2.24) is 4.98 Å². The Morgan fingerprint density at radius 1 is 1.10 bits per heavy atom. The van der Waals surface area contributed by atoms with Crippen molar-refractivity contribution < 1.29 is 0 Å². The zero-order valence-electron chi connectivity index (χ0n) is 6.00. The molecule has 0 unspecified atom stereocenters. The van der Waals surface area contributed by atoms with Gasteiger partial charge < -0.3 is 0 Å². The van der Waals surface area contributed by atoms with Crippen molar-refractivity contribution in [3.63, 3.8) is 0 Å². The molecule has 10 heavy (non-hydrogen) atoms. The molecule has 0 radical (unpaired) electrons. The highest BCUT2D eigenvalue weighted by Crippen LogP contribution is 2.16. The molecular weight excluding hydrogens is 162 g/mol. The summed E-state index contributed by atoms with van der Waals surface area (Å²) < 4.78 is 0. The van der Waals surface area contributed by atoms with Gasteiger partial charge in [-0.25, -0.2) is 4.98 Å². The maximum Gasteiger partial charge on any atom is 0.0970 e. The highest BCUT2D eigenvalue weighted by molar-refractivity contribution is 7.99. The Labute approximate surface area is 69.6 Å². The predicted molar refractivity (Wildman–Crippen MR) is 47.8 cm³/mol. The van der Waals surface area contributed by atoms with Crippen molar-refractivity contribution in [1.29, 1.82) is 0 Å². The highest BCUT2D eigenvalue weighted by atomic mass is 32.2. The van der Waals surface area contributed by atoms with E-state index >= 15 is 0 Å². The van der Waals surface area contributed by atoms with Gasteiger partial charge in [-0.15, -0.1) is 23.5 Å². The average Bonchev–Trinajstić information content (AvgIpc) is 2.05. The first kappa shape index (κ1) is 7.95. The molecule has 0 N–H and O–H groups in total. The highest BCUT2D eigenvalue weighted by Gasteiger charge is 1.92. The first-order chi connectivity index (χ1) is 4.86. The van der Waals surface area contributed by atoms with Gasteiger partial charge in [0.2, 0.25) is 0 Å². The van der Waals surface area contributed by atoms with Gasteiger partial charge in [-0.2, -0.15) is 0 Å². The van der Waals surface area contributed by atoms with Crippen molar-refractivity contribution in [2.45, 2.75) is 10.1 Å². The zero-order valence-corrected chi connectivity index (χ0v) is 7.63. The average molecular weight is 171 g/mol. The topological polar surface area (TPSA) is 12.9 Å². The van der Waals surface area contributed by atoms with E-state index in [-0.39, 0.29) is 0 Å². The minimum absolute atomic E-state index is 1.09. The Kier molecular flexibility index (Phi) is 3.09. The van der Waals surface area contributed by atoms with Crippen molar-refractivity contribution in [2.75, 3.05) is 12.5 Å². The van der Waals surface area contributed by atoms with Gasteiger partial charge in [0.1, 0.15) is 0 Å². The lowest BCUT2D eigenvalue weighted by atomic mass is 10.5. The van der Waals surface area contributed by atoms with E-state index in [4.69, 9.17) is 0 Å². The first-order valence-corrected chi connectivity index (χ1v) is 5.37. The van der Waals surface area contributed by atoms with Crippen LogP contribution in [0.1, 0.15) is 0 Å². The van der Waals surface area contributed by atoms with Gasteiger partial charge in [0, 0.05) is 0 Å². The van der Waals surface area contributed by atoms with E-state index < -0.39 is 0 Å². The molecule has 1 aromatic heterocycles. The SMILES string of the molecule is CSc1cccc(SC)n1. The van der Waals surface area contributed by atoms with Gasteiger partial charge in [-0.3, -0.25) is 0 Å². The molecule has 0 aliphatic carbocycles. The molecule has 54 valence electrons. The summed E-state index contributed by atoms with van der Waals surface area (Å²) in [5.74, 6) is 0. The van der Waals surface area contributed by atoms with Gasteiger partial charge in [-0.05, 0) is 24.6 Å². The normalized spacial score (nSPS) is 9.80. The summed E-state index contributed by atoms with van der Waals surface area (Å²) in [6, 6.07) is 6.07. The quantitative estimate of drug-likeness (QED) is 0.635. The van der Waals surface area contributed by atoms with E-state index in [1.54, 1.807) is 23.5 Å². The van der Waals surface area contributed by atoms with Crippen LogP contribution in [0.3, 0.4) is 0 Å². The molecule has 1 nitrogen and oxygen atoms in total. The number of hydrogen-bond acceptors (Lipinski definition) is 3. The van der Waals surface area contributed by atoms with Gasteiger partial charge >= 0.3 is 0 Å². The lowest BCUT2D eigenvalue weighted by Gasteiger charge is -1.96. The summed E-state index contributed by atoms with van der Waals surface area (Å²) in [5.41, 5.74) is 0. The third-order valence-electron chi connectivity index (χ3n) is 1.12. The van der Waals surface area contributed by atoms with Crippen molar-refractivity contribution >= 4 is 23.5 Å². The number of aromatic nitrogens is 1. The van der Waals surface area contributed by atoms with Crippen LogP contribution in [0.15, 0.2) is 28.3 Å². The zero-order chi connectivity index (χ0) is 7.40. The van der Waals surface area contributed by atoms with E-state index in [9.17, 15) is 0 Å². The lowest BCUT2D eigenvalue weighted by molar-refractivity contribution is 1.01. The predicted octanol–water partition coefficient (Wildman–Crippen LogP) is 2.53. The molecule has 1 rings (SSSR count). The maximum absolute atomic E-state index is 4.34. The van der Waals surface area contributed by atoms with E-state index in [1.165, 1.54) is 0 Å². The summed E-state index contributed by atoms with van der Waals surface area (Å²) in [6.45, 7) is 0. The number of thioether (sulfide) groups is 2. The smallest absolute Gasteiger partial charge is 0.0970 e. The van der Waals surface area contributed by atoms with E-state index in [0.717, 1.165) is 10.1 Å². The lowest BCUT2D eigenvalue weighted by Crippen LogP contribution is -1.79. The molecule has 0 fully saturated rings. The van der Waals surface area contributed by atoms with Crippen LogP contribution < -0.4 is 0 Å². The molecule has 3 heteroatoms. The second-order valence-corrected chi connectivity index (χ2v) is 3.38. The van der Waals surface area contributed by atoms with Crippen molar-refractivity contribution in [2.24, 2.45) is 0 Å². The molecule has 0 saturated carbocycles. The minimum Gasteiger partial charge on any atom is -0.235 e. The van der Waals surface area contributed by atoms with Crippen LogP contribution in [0.4, 0.5) is 0 Å². The largest absolute Gasteiger partial charge is 0.235 e. The molecule has 0 spiro atoms. The Morgan fingerprint density at radius 3 is 2.00 bits per heavy atom. The summed E-state index contributed by atoms with van der Waals surface area (Å²) in [7, 11) is 0. The summed E-state index contributed by atoms with van der Waals surface area (Å²) in [6.07, 6.45) is 4.07. The number of nitrogens with zero attached hydrogens (tertiary/aromatic N) is 1. The van der Waals surface area contributed by atoms with Crippen LogP contribution >= 0.6 is 23.5 Å². The summed E-state index contributed by atoms with van der Waals surface area (Å²) in [4.78, 5) is 4.34. The van der Waals surface area contributed by atoms with Crippen LogP contribution in [-0.4, -0.2) is 17.5 Å². The van der Waals surface area contributed by atoms with Crippen LogP contribution in [0.2, 0.25) is 0 Å². The second-order valence-electron chi connectivity index (χ2n) is 1.72. The fraction of sp³-hybridized carbons (Fsp3) is 0.286. The molecule has 1 aromatic rings. The van der Waals surface area contributed by atoms with Crippen molar-refractivity contribution in [3.05, 3.63) is 18.2 Å². The number of pyridine rings is 1. The monoisotopic (exact) mass is 171 g/mol. The van der Waals surface area contributed by atoms with E-state index in [1.807, 2.05) is 30.7 Å². The maximum atomic E-state index is 4.34. The van der Waals surface area contributed by atoms with Crippen LogP contribution in [0.5, 0.6) is 0 Å². The van der Waals surface area contributed by atoms with Gasteiger partial charge in [0.25, 0.3) is 0 Å². The molecule has 0 aliphatic rings. The van der Waals surface area contributed by atoms with Crippen LogP contribution in [0, 0.1) is 0 Å². The third-order valence-corrected chi connectivity index (χ3v) is 2.41. The van der Waals surface area contributed by atoms with Crippen LogP contribution in [-0.2, 0) is 0 Å².